The topological polar surface area (TPSA) is 89.8 Å². The van der Waals surface area contributed by atoms with Crippen LogP contribution in [0.1, 0.15) is 33.6 Å². The lowest BCUT2D eigenvalue weighted by molar-refractivity contribution is -0.387. The zero-order valence-corrected chi connectivity index (χ0v) is 25.7. The third-order valence-corrected chi connectivity index (χ3v) is 14.6. The quantitative estimate of drug-likeness (QED) is 0.0942. The van der Waals surface area contributed by atoms with Crippen LogP contribution < -0.4 is 10.4 Å². The van der Waals surface area contributed by atoms with Crippen LogP contribution in [-0.2, 0) is 14.4 Å². The molecule has 0 radical (unpaired) electrons. The van der Waals surface area contributed by atoms with Crippen molar-refractivity contribution in [3.05, 3.63) is 119 Å². The molecule has 216 valence electrons. The highest BCUT2D eigenvalue weighted by Gasteiger charge is 2.50. The molecule has 0 bridgehead atoms. The molecule has 0 fully saturated rings. The Balaban J connectivity index is 1.46. The molecule has 3 aromatic rings. The molecule has 1 heterocycles. The molecule has 1 aliphatic rings. The highest BCUT2D eigenvalue weighted by molar-refractivity contribution is 7.89. The number of nitrogens with zero attached hydrogens (tertiary/aromatic N) is 2. The Bertz CT molecular complexity index is 1460. The van der Waals surface area contributed by atoms with Crippen molar-refractivity contribution in [1.82, 2.24) is 4.31 Å². The molecule has 3 aromatic carbocycles. The standard InChI is InChI=1S/C32H38N2O5SSi/c1-26(27-16-13-23-33(25-27)40(37,38)31-22-12-11-21-30(31)34(35)36)15-14-24-39-41(32(2,3)4,28-17-7-5-8-18-28)29-19-9-6-10-20-29/h5-13,16-22,27H,1,14-15,23-25H2,2-4H3. The SMILES string of the molecule is C=C(CCCO[Si](c1ccccc1)(c1ccccc1)C(C)(C)C)C1C=CCN(S(=O)(=O)c2ccccc2[N+](=O)[O-])C1. The van der Waals surface area contributed by atoms with Gasteiger partial charge < -0.3 is 4.43 Å². The number of hydrogen-bond donors (Lipinski definition) is 0. The van der Waals surface area contributed by atoms with Gasteiger partial charge in [0.15, 0.2) is 4.90 Å². The Kier molecular flexibility index (Phi) is 9.43. The van der Waals surface area contributed by atoms with E-state index in [9.17, 15) is 18.5 Å². The maximum Gasteiger partial charge on any atom is 0.289 e. The number of benzene rings is 3. The summed E-state index contributed by atoms with van der Waals surface area (Å²) in [5, 5.41) is 13.8. The predicted molar refractivity (Wildman–Crippen MR) is 166 cm³/mol. The van der Waals surface area contributed by atoms with Gasteiger partial charge in [-0.1, -0.05) is 118 Å². The Hall–Kier alpha value is -3.37. The summed E-state index contributed by atoms with van der Waals surface area (Å²) in [6.45, 7) is 11.9. The van der Waals surface area contributed by atoms with E-state index in [2.05, 4.69) is 75.9 Å². The molecule has 4 rings (SSSR count). The average molecular weight is 591 g/mol. The lowest BCUT2D eigenvalue weighted by Gasteiger charge is -2.43. The van der Waals surface area contributed by atoms with Crippen LogP contribution in [0.4, 0.5) is 5.69 Å². The maximum atomic E-state index is 13.4. The van der Waals surface area contributed by atoms with Gasteiger partial charge in [-0.15, -0.1) is 0 Å². The third-order valence-electron chi connectivity index (χ3n) is 7.66. The van der Waals surface area contributed by atoms with Crippen molar-refractivity contribution in [2.75, 3.05) is 19.7 Å². The maximum absolute atomic E-state index is 13.4. The second kappa shape index (κ2) is 12.6. The van der Waals surface area contributed by atoms with E-state index >= 15 is 0 Å². The lowest BCUT2D eigenvalue weighted by Crippen LogP contribution is -2.66. The first-order valence-electron chi connectivity index (χ1n) is 13.8. The van der Waals surface area contributed by atoms with Gasteiger partial charge in [0.2, 0.25) is 10.0 Å². The summed E-state index contributed by atoms with van der Waals surface area (Å²) in [4.78, 5) is 10.5. The molecule has 7 nitrogen and oxygen atoms in total. The highest BCUT2D eigenvalue weighted by atomic mass is 32.2. The van der Waals surface area contributed by atoms with Crippen molar-refractivity contribution in [3.63, 3.8) is 0 Å². The molecule has 0 spiro atoms. The Morgan fingerprint density at radius 3 is 2.12 bits per heavy atom. The molecule has 9 heteroatoms. The van der Waals surface area contributed by atoms with E-state index in [1.54, 1.807) is 6.08 Å². The monoisotopic (exact) mass is 590 g/mol. The van der Waals surface area contributed by atoms with Crippen molar-refractivity contribution in [2.45, 2.75) is 43.5 Å². The summed E-state index contributed by atoms with van der Waals surface area (Å²) >= 11 is 0. The smallest absolute Gasteiger partial charge is 0.289 e. The van der Waals surface area contributed by atoms with Crippen LogP contribution in [0.5, 0.6) is 0 Å². The molecule has 0 saturated heterocycles. The number of nitro groups is 1. The number of nitro benzene ring substituents is 1. The molecule has 1 unspecified atom stereocenters. The van der Waals surface area contributed by atoms with Crippen molar-refractivity contribution in [2.24, 2.45) is 5.92 Å². The minimum atomic E-state index is -4.05. The van der Waals surface area contributed by atoms with E-state index in [-0.39, 0.29) is 28.9 Å². The van der Waals surface area contributed by atoms with Crippen molar-refractivity contribution < 1.29 is 17.8 Å². The average Bonchev–Trinajstić information content (AvgIpc) is 2.97. The Morgan fingerprint density at radius 1 is 1.00 bits per heavy atom. The second-order valence-corrected chi connectivity index (χ2v) is 17.6. The minimum absolute atomic E-state index is 0.117. The number of hydrogen-bond acceptors (Lipinski definition) is 5. The van der Waals surface area contributed by atoms with Crippen molar-refractivity contribution >= 4 is 34.4 Å². The van der Waals surface area contributed by atoms with Crippen LogP contribution in [-0.4, -0.2) is 45.7 Å². The van der Waals surface area contributed by atoms with Crippen LogP contribution in [0.3, 0.4) is 0 Å². The summed E-state index contributed by atoms with van der Waals surface area (Å²) in [5.74, 6) is -0.186. The third kappa shape index (κ3) is 6.43. The van der Waals surface area contributed by atoms with E-state index < -0.39 is 29.0 Å². The van der Waals surface area contributed by atoms with Crippen LogP contribution in [0.2, 0.25) is 5.04 Å². The Labute approximate surface area is 244 Å². The van der Waals surface area contributed by atoms with Gasteiger partial charge in [0.1, 0.15) is 0 Å². The Morgan fingerprint density at radius 2 is 1.56 bits per heavy atom. The molecule has 1 atom stereocenters. The molecule has 1 aliphatic heterocycles. The lowest BCUT2D eigenvalue weighted by atomic mass is 9.94. The molecule has 0 N–H and O–H groups in total. The zero-order chi connectivity index (χ0) is 29.7. The molecule has 0 aliphatic carbocycles. The zero-order valence-electron chi connectivity index (χ0n) is 23.9. The summed E-state index contributed by atoms with van der Waals surface area (Å²) in [7, 11) is -6.68. The van der Waals surface area contributed by atoms with E-state index in [4.69, 9.17) is 4.43 Å². The van der Waals surface area contributed by atoms with E-state index in [1.165, 1.54) is 38.9 Å². The molecule has 0 aromatic heterocycles. The first-order chi connectivity index (χ1) is 19.5. The second-order valence-electron chi connectivity index (χ2n) is 11.4. The van der Waals surface area contributed by atoms with E-state index in [0.717, 1.165) is 12.0 Å². The minimum Gasteiger partial charge on any atom is -0.407 e. The van der Waals surface area contributed by atoms with Crippen LogP contribution in [0.25, 0.3) is 0 Å². The van der Waals surface area contributed by atoms with Gasteiger partial charge in [0.05, 0.1) is 4.92 Å². The highest BCUT2D eigenvalue weighted by Crippen LogP contribution is 2.37. The summed E-state index contributed by atoms with van der Waals surface area (Å²) < 4.78 is 35.0. The number of sulfonamides is 1. The first kappa shape index (κ1) is 30.6. The molecular formula is C32H38N2O5SSi. The van der Waals surface area contributed by atoms with Crippen molar-refractivity contribution in [3.8, 4) is 0 Å². The first-order valence-corrected chi connectivity index (χ1v) is 17.2. The van der Waals surface area contributed by atoms with Gasteiger partial charge in [0.25, 0.3) is 14.0 Å². The van der Waals surface area contributed by atoms with Crippen LogP contribution >= 0.6 is 0 Å². The van der Waals surface area contributed by atoms with Crippen molar-refractivity contribution in [1.29, 1.82) is 0 Å². The van der Waals surface area contributed by atoms with Gasteiger partial charge >= 0.3 is 0 Å². The van der Waals surface area contributed by atoms with Gasteiger partial charge in [-0.25, -0.2) is 8.42 Å². The molecule has 41 heavy (non-hydrogen) atoms. The van der Waals surface area contributed by atoms with Gasteiger partial charge in [0, 0.05) is 31.7 Å². The fourth-order valence-electron chi connectivity index (χ4n) is 5.60. The van der Waals surface area contributed by atoms with Crippen LogP contribution in [0, 0.1) is 16.0 Å². The molecule has 0 amide bonds. The van der Waals surface area contributed by atoms with E-state index in [0.29, 0.717) is 13.0 Å². The summed E-state index contributed by atoms with van der Waals surface area (Å²) in [6, 6.07) is 26.5. The summed E-state index contributed by atoms with van der Waals surface area (Å²) in [6.07, 6.45) is 5.19. The van der Waals surface area contributed by atoms with E-state index in [1.807, 2.05) is 18.2 Å². The van der Waals surface area contributed by atoms with Gasteiger partial charge in [-0.2, -0.15) is 4.31 Å². The summed E-state index contributed by atoms with van der Waals surface area (Å²) in [5.41, 5.74) is 0.493. The predicted octanol–water partition coefficient (Wildman–Crippen LogP) is 5.68. The number of para-hydroxylation sites is 1. The van der Waals surface area contributed by atoms with Gasteiger partial charge in [-0.05, 0) is 34.3 Å². The fourth-order valence-corrected chi connectivity index (χ4v) is 11.8. The molecular weight excluding hydrogens is 553 g/mol. The molecule has 0 saturated carbocycles. The van der Waals surface area contributed by atoms with Gasteiger partial charge in [-0.3, -0.25) is 10.1 Å². The fraction of sp³-hybridized carbons (Fsp3) is 0.312. The largest absolute Gasteiger partial charge is 0.407 e. The normalized spacial score (nSPS) is 16.4. The number of rotatable bonds is 11. The van der Waals surface area contributed by atoms with Crippen LogP contribution in [0.15, 0.2) is 114 Å².